The second kappa shape index (κ2) is 7.08. The van der Waals surface area contributed by atoms with Crippen molar-refractivity contribution in [3.05, 3.63) is 47.9 Å². The number of halogens is 1. The highest BCUT2D eigenvalue weighted by Gasteiger charge is 2.39. The second-order valence-electron chi connectivity index (χ2n) is 9.68. The molecular weight excluding hydrogens is 419 g/mol. The molecule has 2 bridgehead atoms. The number of anilines is 1. The minimum atomic E-state index is -0.483. The van der Waals surface area contributed by atoms with Gasteiger partial charge >= 0.3 is 0 Å². The van der Waals surface area contributed by atoms with E-state index in [4.69, 9.17) is 10.7 Å². The van der Waals surface area contributed by atoms with Crippen molar-refractivity contribution >= 4 is 11.5 Å². The van der Waals surface area contributed by atoms with Gasteiger partial charge in [0.25, 0.3) is 0 Å². The predicted octanol–water partition coefficient (Wildman–Crippen LogP) is 3.78. The largest absolute Gasteiger partial charge is 0.383 e. The molecule has 3 fully saturated rings. The third kappa shape index (κ3) is 3.13. The first kappa shape index (κ1) is 19.2. The van der Waals surface area contributed by atoms with Gasteiger partial charge in [-0.2, -0.15) is 14.0 Å². The molecule has 7 rings (SSSR count). The lowest BCUT2D eigenvalue weighted by atomic mass is 9.86. The topological polar surface area (TPSA) is 110 Å². The normalized spacial score (nSPS) is 24.6. The van der Waals surface area contributed by atoms with E-state index in [0.29, 0.717) is 35.4 Å². The lowest BCUT2D eigenvalue weighted by Crippen LogP contribution is -2.37. The molecule has 4 aromatic rings. The second-order valence-corrected chi connectivity index (χ2v) is 9.68. The van der Waals surface area contributed by atoms with E-state index < -0.39 is 5.95 Å². The Hall–Kier alpha value is -3.33. The summed E-state index contributed by atoms with van der Waals surface area (Å²) in [6, 6.07) is 4.95. The number of rotatable bonds is 4. The summed E-state index contributed by atoms with van der Waals surface area (Å²) in [7, 11) is 0. The summed E-state index contributed by atoms with van der Waals surface area (Å²) in [5.74, 6) is 1.59. The summed E-state index contributed by atoms with van der Waals surface area (Å²) in [6.45, 7) is 0. The number of H-pyrrole nitrogens is 1. The Labute approximate surface area is 189 Å². The molecule has 6 heterocycles. The summed E-state index contributed by atoms with van der Waals surface area (Å²) in [5.41, 5.74) is 12.3. The van der Waals surface area contributed by atoms with E-state index in [0.717, 1.165) is 41.6 Å². The number of piperidine rings is 1. The number of hydrogen-bond donors (Lipinski definition) is 3. The van der Waals surface area contributed by atoms with Crippen molar-refractivity contribution in [1.82, 2.24) is 34.9 Å². The molecule has 33 heavy (non-hydrogen) atoms. The van der Waals surface area contributed by atoms with Crippen LogP contribution in [0.15, 0.2) is 30.7 Å². The van der Waals surface area contributed by atoms with Crippen LogP contribution in [0.1, 0.15) is 61.6 Å². The van der Waals surface area contributed by atoms with Gasteiger partial charge in [0.05, 0.1) is 18.1 Å². The smallest absolute Gasteiger partial charge is 0.211 e. The fraction of sp³-hybridized carbons (Fsp3) is 0.417. The predicted molar refractivity (Wildman–Crippen MR) is 122 cm³/mol. The quantitative estimate of drug-likeness (QED) is 0.442. The Morgan fingerprint density at radius 1 is 0.970 bits per heavy atom. The Bertz CT molecular complexity index is 1340. The summed E-state index contributed by atoms with van der Waals surface area (Å²) in [5, 5.41) is 8.34. The lowest BCUT2D eigenvalue weighted by molar-refractivity contribution is 0.357. The van der Waals surface area contributed by atoms with Crippen LogP contribution in [0, 0.1) is 5.95 Å². The minimum Gasteiger partial charge on any atom is -0.383 e. The van der Waals surface area contributed by atoms with Crippen molar-refractivity contribution in [2.24, 2.45) is 0 Å². The molecule has 8 nitrogen and oxygen atoms in total. The average molecular weight is 445 g/mol. The number of imidazole rings is 1. The van der Waals surface area contributed by atoms with Gasteiger partial charge < -0.3 is 16.0 Å². The standard InChI is InChI=1S/C24H25FN8/c25-19-11-28-23(31-19)18-6-3-13(9-27-18)17-10-29-33-22(26)20(12-1-2-12)21(32-24(17)33)14-7-15-4-5-16(8-14)30-15/h3,6,9-12,14-16,30H,1-2,4-5,7-8,26H2,(H,28,31). The lowest BCUT2D eigenvalue weighted by Gasteiger charge is -2.30. The maximum atomic E-state index is 13.3. The van der Waals surface area contributed by atoms with Gasteiger partial charge in [-0.1, -0.05) is 6.07 Å². The van der Waals surface area contributed by atoms with E-state index in [2.05, 4.69) is 25.4 Å². The van der Waals surface area contributed by atoms with Crippen LogP contribution in [0.3, 0.4) is 0 Å². The van der Waals surface area contributed by atoms with E-state index in [1.54, 1.807) is 10.7 Å². The summed E-state index contributed by atoms with van der Waals surface area (Å²) in [6.07, 6.45) is 11.8. The van der Waals surface area contributed by atoms with Crippen molar-refractivity contribution in [1.29, 1.82) is 0 Å². The zero-order valence-corrected chi connectivity index (χ0v) is 18.1. The molecule has 3 aliphatic rings. The van der Waals surface area contributed by atoms with E-state index in [1.807, 2.05) is 18.3 Å². The van der Waals surface area contributed by atoms with E-state index in [-0.39, 0.29) is 0 Å². The van der Waals surface area contributed by atoms with Gasteiger partial charge in [0, 0.05) is 40.9 Å². The van der Waals surface area contributed by atoms with Gasteiger partial charge in [-0.25, -0.2) is 9.97 Å². The Morgan fingerprint density at radius 2 is 1.79 bits per heavy atom. The summed E-state index contributed by atoms with van der Waals surface area (Å²) < 4.78 is 15.1. The van der Waals surface area contributed by atoms with Crippen molar-refractivity contribution in [3.8, 4) is 22.6 Å². The first-order valence-electron chi connectivity index (χ1n) is 11.7. The highest BCUT2D eigenvalue weighted by molar-refractivity contribution is 5.79. The zero-order chi connectivity index (χ0) is 22.1. The summed E-state index contributed by atoms with van der Waals surface area (Å²) in [4.78, 5) is 16.3. The van der Waals surface area contributed by atoms with E-state index in [1.165, 1.54) is 36.9 Å². The van der Waals surface area contributed by atoms with Crippen LogP contribution < -0.4 is 11.1 Å². The third-order valence-electron chi connectivity index (χ3n) is 7.46. The van der Waals surface area contributed by atoms with Crippen LogP contribution in [0.5, 0.6) is 0 Å². The van der Waals surface area contributed by atoms with Gasteiger partial charge in [0.2, 0.25) is 5.95 Å². The van der Waals surface area contributed by atoms with Crippen LogP contribution >= 0.6 is 0 Å². The number of nitrogens with two attached hydrogens (primary N) is 1. The number of nitrogens with zero attached hydrogens (tertiary/aromatic N) is 5. The highest BCUT2D eigenvalue weighted by Crippen LogP contribution is 2.48. The monoisotopic (exact) mass is 444 g/mol. The number of hydrogen-bond acceptors (Lipinski definition) is 6. The maximum absolute atomic E-state index is 13.3. The van der Waals surface area contributed by atoms with Gasteiger partial charge in [-0.3, -0.25) is 4.98 Å². The number of pyridine rings is 1. The number of aromatic nitrogens is 6. The molecule has 1 aliphatic carbocycles. The van der Waals surface area contributed by atoms with Crippen LogP contribution in [-0.2, 0) is 0 Å². The molecule has 2 atom stereocenters. The number of fused-ring (bicyclic) bond motifs is 3. The molecule has 2 aliphatic heterocycles. The Balaban J connectivity index is 1.32. The van der Waals surface area contributed by atoms with Crippen molar-refractivity contribution < 1.29 is 4.39 Å². The molecule has 9 heteroatoms. The van der Waals surface area contributed by atoms with Crippen LogP contribution in [-0.4, -0.2) is 41.6 Å². The summed E-state index contributed by atoms with van der Waals surface area (Å²) >= 11 is 0. The van der Waals surface area contributed by atoms with Gasteiger partial charge in [0.15, 0.2) is 11.5 Å². The molecule has 1 saturated carbocycles. The molecule has 4 N–H and O–H groups in total. The van der Waals surface area contributed by atoms with Crippen LogP contribution in [0.4, 0.5) is 10.2 Å². The minimum absolute atomic E-state index is 0.401. The van der Waals surface area contributed by atoms with Crippen molar-refractivity contribution in [3.63, 3.8) is 0 Å². The Kier molecular flexibility index (Phi) is 4.11. The number of nitrogen functional groups attached to an aromatic ring is 1. The van der Waals surface area contributed by atoms with Crippen molar-refractivity contribution in [2.45, 2.75) is 62.4 Å². The fourth-order valence-electron chi connectivity index (χ4n) is 5.75. The molecule has 0 aromatic carbocycles. The van der Waals surface area contributed by atoms with Crippen LogP contribution in [0.2, 0.25) is 0 Å². The first-order chi connectivity index (χ1) is 16.1. The van der Waals surface area contributed by atoms with Crippen molar-refractivity contribution in [2.75, 3.05) is 5.73 Å². The van der Waals surface area contributed by atoms with Crippen LogP contribution in [0.25, 0.3) is 28.3 Å². The number of aromatic amines is 1. The highest BCUT2D eigenvalue weighted by atomic mass is 19.1. The van der Waals surface area contributed by atoms with E-state index >= 15 is 0 Å². The first-order valence-corrected chi connectivity index (χ1v) is 11.7. The third-order valence-corrected chi connectivity index (χ3v) is 7.46. The Morgan fingerprint density at radius 3 is 2.45 bits per heavy atom. The fourth-order valence-corrected chi connectivity index (χ4v) is 5.75. The zero-order valence-electron chi connectivity index (χ0n) is 18.1. The molecule has 0 spiro atoms. The number of nitrogens with one attached hydrogen (secondary N) is 2. The van der Waals surface area contributed by atoms with E-state index in [9.17, 15) is 4.39 Å². The molecule has 2 saturated heterocycles. The molecule has 2 unspecified atom stereocenters. The molecule has 168 valence electrons. The molecule has 0 radical (unpaired) electrons. The maximum Gasteiger partial charge on any atom is 0.211 e. The van der Waals surface area contributed by atoms with Gasteiger partial charge in [-0.05, 0) is 50.5 Å². The molecule has 0 amide bonds. The average Bonchev–Trinajstić information content (AvgIpc) is 3.26. The van der Waals surface area contributed by atoms with Gasteiger partial charge in [-0.15, -0.1) is 0 Å². The molecule has 4 aromatic heterocycles. The van der Waals surface area contributed by atoms with Gasteiger partial charge in [0.1, 0.15) is 11.5 Å². The SMILES string of the molecule is Nc1c(C2CC2)c(C2CC3CCC(C2)N3)nc2c(-c3ccc(-c4ncc(F)[nH]4)nc3)cnn12. The molecular formula is C24H25FN8.